The summed E-state index contributed by atoms with van der Waals surface area (Å²) in [7, 11) is 0. The van der Waals surface area contributed by atoms with Gasteiger partial charge in [0.15, 0.2) is 0 Å². The van der Waals surface area contributed by atoms with Gasteiger partial charge in [0.1, 0.15) is 11.6 Å². The highest BCUT2D eigenvalue weighted by atomic mass is 19.1. The summed E-state index contributed by atoms with van der Waals surface area (Å²) < 4.78 is 26.5. The molecule has 1 aliphatic rings. The van der Waals surface area contributed by atoms with Crippen LogP contribution in [0.5, 0.6) is 0 Å². The van der Waals surface area contributed by atoms with Crippen LogP contribution in [0.1, 0.15) is 23.2 Å². The largest absolute Gasteiger partial charge is 0.393 e. The molecule has 2 aromatic carbocycles. The second kappa shape index (κ2) is 6.97. The smallest absolute Gasteiger partial charge is 0.255 e. The van der Waals surface area contributed by atoms with Crippen LogP contribution in [0.4, 0.5) is 20.2 Å². The van der Waals surface area contributed by atoms with E-state index in [-0.39, 0.29) is 11.8 Å². The van der Waals surface area contributed by atoms with Crippen LogP contribution in [0.3, 0.4) is 0 Å². The van der Waals surface area contributed by atoms with Crippen molar-refractivity contribution in [1.29, 1.82) is 0 Å². The lowest BCUT2D eigenvalue weighted by Gasteiger charge is -2.31. The van der Waals surface area contributed by atoms with Gasteiger partial charge in [0, 0.05) is 30.4 Å². The van der Waals surface area contributed by atoms with E-state index in [0.717, 1.165) is 43.8 Å². The molecule has 6 heteroatoms. The van der Waals surface area contributed by atoms with Gasteiger partial charge in [-0.3, -0.25) is 4.79 Å². The van der Waals surface area contributed by atoms with Gasteiger partial charge in [0.25, 0.3) is 5.91 Å². The molecule has 0 atom stereocenters. The average molecular weight is 332 g/mol. The fourth-order valence-corrected chi connectivity index (χ4v) is 2.73. The van der Waals surface area contributed by atoms with Crippen LogP contribution in [-0.4, -0.2) is 30.2 Å². The van der Waals surface area contributed by atoms with E-state index in [1.165, 1.54) is 6.07 Å². The Morgan fingerprint density at radius 2 is 1.75 bits per heavy atom. The molecular weight excluding hydrogens is 314 g/mol. The van der Waals surface area contributed by atoms with Gasteiger partial charge < -0.3 is 15.3 Å². The van der Waals surface area contributed by atoms with Gasteiger partial charge in [-0.2, -0.15) is 0 Å². The Hall–Kier alpha value is -2.47. The molecule has 0 radical (unpaired) electrons. The lowest BCUT2D eigenvalue weighted by atomic mass is 10.1. The summed E-state index contributed by atoms with van der Waals surface area (Å²) in [5, 5.41) is 12.0. The first-order chi connectivity index (χ1) is 11.5. The number of rotatable bonds is 3. The molecule has 0 spiro atoms. The average Bonchev–Trinajstić information content (AvgIpc) is 2.58. The molecule has 0 bridgehead atoms. The lowest BCUT2D eigenvalue weighted by Crippen LogP contribution is -2.35. The second-order valence-electron chi connectivity index (χ2n) is 5.84. The first-order valence-electron chi connectivity index (χ1n) is 7.82. The summed E-state index contributed by atoms with van der Waals surface area (Å²) >= 11 is 0. The summed E-state index contributed by atoms with van der Waals surface area (Å²) in [6, 6.07) is 9.99. The number of hydrogen-bond donors (Lipinski definition) is 2. The monoisotopic (exact) mass is 332 g/mol. The van der Waals surface area contributed by atoms with Crippen LogP contribution in [0.25, 0.3) is 0 Å². The maximum Gasteiger partial charge on any atom is 0.255 e. The van der Waals surface area contributed by atoms with Crippen LogP contribution >= 0.6 is 0 Å². The third-order valence-electron chi connectivity index (χ3n) is 4.14. The number of benzene rings is 2. The van der Waals surface area contributed by atoms with E-state index in [4.69, 9.17) is 0 Å². The lowest BCUT2D eigenvalue weighted by molar-refractivity contribution is 0.102. The summed E-state index contributed by atoms with van der Waals surface area (Å²) in [6.07, 6.45) is 1.22. The molecule has 1 fully saturated rings. The molecule has 1 heterocycles. The fourth-order valence-electron chi connectivity index (χ4n) is 2.73. The quantitative estimate of drug-likeness (QED) is 0.908. The molecule has 0 unspecified atom stereocenters. The molecule has 2 aromatic rings. The number of aliphatic hydroxyl groups excluding tert-OH is 1. The molecule has 0 saturated carbocycles. The zero-order chi connectivity index (χ0) is 17.1. The molecule has 126 valence electrons. The molecule has 1 saturated heterocycles. The van der Waals surface area contributed by atoms with Crippen LogP contribution in [0, 0.1) is 11.6 Å². The van der Waals surface area contributed by atoms with Crippen molar-refractivity contribution in [2.75, 3.05) is 23.3 Å². The molecular formula is C18H18F2N2O2. The van der Waals surface area contributed by atoms with Crippen LogP contribution in [0.15, 0.2) is 42.5 Å². The van der Waals surface area contributed by atoms with Crippen LogP contribution in [-0.2, 0) is 0 Å². The Balaban J connectivity index is 1.67. The number of halogens is 2. The SMILES string of the molecule is O=C(Nc1ccc(F)cc1F)c1ccc(N2CCC(O)CC2)cc1. The Bertz CT molecular complexity index is 726. The van der Waals surface area contributed by atoms with Crippen LogP contribution in [0.2, 0.25) is 0 Å². The third kappa shape index (κ3) is 3.71. The summed E-state index contributed by atoms with van der Waals surface area (Å²) in [6.45, 7) is 1.54. The molecule has 24 heavy (non-hydrogen) atoms. The van der Waals surface area contributed by atoms with E-state index in [1.807, 2.05) is 12.1 Å². The van der Waals surface area contributed by atoms with Crippen molar-refractivity contribution in [3.8, 4) is 0 Å². The van der Waals surface area contributed by atoms with Gasteiger partial charge in [-0.05, 0) is 49.2 Å². The summed E-state index contributed by atoms with van der Waals surface area (Å²) in [5.41, 5.74) is 1.31. The molecule has 0 aliphatic carbocycles. The first-order valence-corrected chi connectivity index (χ1v) is 7.82. The molecule has 4 nitrogen and oxygen atoms in total. The third-order valence-corrected chi connectivity index (χ3v) is 4.14. The maximum atomic E-state index is 13.6. The van der Waals surface area contributed by atoms with Crippen molar-refractivity contribution >= 4 is 17.3 Å². The second-order valence-corrected chi connectivity index (χ2v) is 5.84. The minimum absolute atomic E-state index is 0.0597. The zero-order valence-electron chi connectivity index (χ0n) is 13.0. The van der Waals surface area contributed by atoms with E-state index < -0.39 is 17.5 Å². The van der Waals surface area contributed by atoms with Gasteiger partial charge >= 0.3 is 0 Å². The normalized spacial score (nSPS) is 15.4. The van der Waals surface area contributed by atoms with Crippen molar-refractivity contribution < 1.29 is 18.7 Å². The van der Waals surface area contributed by atoms with Gasteiger partial charge in [0.2, 0.25) is 0 Å². The van der Waals surface area contributed by atoms with E-state index in [0.29, 0.717) is 5.56 Å². The summed E-state index contributed by atoms with van der Waals surface area (Å²) in [4.78, 5) is 14.3. The Kier molecular flexibility index (Phi) is 4.76. The number of nitrogens with zero attached hydrogens (tertiary/aromatic N) is 1. The van der Waals surface area contributed by atoms with Gasteiger partial charge in [0.05, 0.1) is 11.8 Å². The van der Waals surface area contributed by atoms with Crippen molar-refractivity contribution in [2.24, 2.45) is 0 Å². The fraction of sp³-hybridized carbons (Fsp3) is 0.278. The zero-order valence-corrected chi connectivity index (χ0v) is 13.0. The Labute approximate surface area is 138 Å². The Morgan fingerprint density at radius 1 is 1.08 bits per heavy atom. The topological polar surface area (TPSA) is 52.6 Å². The number of amides is 1. The number of carbonyl (C=O) groups is 1. The van der Waals surface area contributed by atoms with Crippen molar-refractivity contribution in [3.63, 3.8) is 0 Å². The van der Waals surface area contributed by atoms with Crippen molar-refractivity contribution in [1.82, 2.24) is 0 Å². The molecule has 2 N–H and O–H groups in total. The van der Waals surface area contributed by atoms with Gasteiger partial charge in [-0.25, -0.2) is 8.78 Å². The summed E-state index contributed by atoms with van der Waals surface area (Å²) in [5.74, 6) is -1.96. The van der Waals surface area contributed by atoms with Crippen LogP contribution < -0.4 is 10.2 Å². The molecule has 0 aromatic heterocycles. The number of piperidine rings is 1. The highest BCUT2D eigenvalue weighted by Gasteiger charge is 2.17. The standard InChI is InChI=1S/C18H18F2N2O2/c19-13-3-6-17(16(20)11-13)21-18(24)12-1-4-14(5-2-12)22-9-7-15(23)8-10-22/h1-6,11,15,23H,7-10H2,(H,21,24). The number of aliphatic hydroxyl groups is 1. The minimum atomic E-state index is -0.813. The van der Waals surface area contributed by atoms with E-state index in [9.17, 15) is 18.7 Å². The highest BCUT2D eigenvalue weighted by Crippen LogP contribution is 2.21. The number of hydrogen-bond acceptors (Lipinski definition) is 3. The maximum absolute atomic E-state index is 13.6. The minimum Gasteiger partial charge on any atom is -0.393 e. The van der Waals surface area contributed by atoms with E-state index in [2.05, 4.69) is 10.2 Å². The Morgan fingerprint density at radius 3 is 2.38 bits per heavy atom. The molecule has 3 rings (SSSR count). The number of nitrogens with one attached hydrogen (secondary N) is 1. The van der Waals surface area contributed by atoms with Crippen molar-refractivity contribution in [3.05, 3.63) is 59.7 Å². The molecule has 1 amide bonds. The van der Waals surface area contributed by atoms with Crippen molar-refractivity contribution in [2.45, 2.75) is 18.9 Å². The number of anilines is 2. The number of carbonyl (C=O) groups excluding carboxylic acids is 1. The molecule has 1 aliphatic heterocycles. The van der Waals surface area contributed by atoms with Gasteiger partial charge in [-0.1, -0.05) is 0 Å². The van der Waals surface area contributed by atoms with E-state index in [1.54, 1.807) is 12.1 Å². The first kappa shape index (κ1) is 16.4. The predicted molar refractivity (Wildman–Crippen MR) is 88.2 cm³/mol. The van der Waals surface area contributed by atoms with E-state index >= 15 is 0 Å². The highest BCUT2D eigenvalue weighted by molar-refractivity contribution is 6.04. The van der Waals surface area contributed by atoms with Gasteiger partial charge in [-0.15, -0.1) is 0 Å². The predicted octanol–water partition coefficient (Wildman–Crippen LogP) is 3.18.